The van der Waals surface area contributed by atoms with E-state index in [2.05, 4.69) is 10.1 Å². The van der Waals surface area contributed by atoms with Gasteiger partial charge in [0.25, 0.3) is 5.95 Å². The molecular weight excluding hydrogens is 316 g/mol. The highest BCUT2D eigenvalue weighted by molar-refractivity contribution is 7.92. The molecule has 3 rings (SSSR count). The molecule has 0 fully saturated rings. The largest absolute Gasteiger partial charge is 0.344 e. The lowest BCUT2D eigenvalue weighted by atomic mass is 10.2. The van der Waals surface area contributed by atoms with Crippen LogP contribution in [0.2, 0.25) is 5.02 Å². The van der Waals surface area contributed by atoms with Gasteiger partial charge < -0.3 is 9.42 Å². The van der Waals surface area contributed by atoms with Gasteiger partial charge in [-0.3, -0.25) is 4.31 Å². The number of rotatable bonds is 3. The molecule has 0 saturated heterocycles. The first-order chi connectivity index (χ1) is 9.87. The summed E-state index contributed by atoms with van der Waals surface area (Å²) in [7, 11) is 0.109. The van der Waals surface area contributed by atoms with Crippen LogP contribution < -0.4 is 9.21 Å². The zero-order valence-corrected chi connectivity index (χ0v) is 13.0. The quantitative estimate of drug-likeness (QED) is 0.852. The highest BCUT2D eigenvalue weighted by atomic mass is 35.5. The van der Waals surface area contributed by atoms with Crippen molar-refractivity contribution in [2.75, 3.05) is 23.3 Å². The molecule has 1 aromatic carbocycles. The number of fused-ring (bicyclic) bond motifs is 1. The summed E-state index contributed by atoms with van der Waals surface area (Å²) in [6, 6.07) is 5.02. The molecule has 0 spiro atoms. The Bertz CT molecular complexity index is 788. The molecule has 1 aliphatic heterocycles. The summed E-state index contributed by atoms with van der Waals surface area (Å²) >= 11 is 5.95. The molecule has 21 heavy (non-hydrogen) atoms. The summed E-state index contributed by atoms with van der Waals surface area (Å²) < 4.78 is 30.9. The standard InChI is InChI=1S/C12H13ClN4O3S/c1-16(2)12-14-11(20-15-12)6-17-10-5-9(13)4-3-8(10)7-21(17,18)19/h3-5H,6-7H2,1-2H3. The SMILES string of the molecule is CN(C)c1noc(CN2c3cc(Cl)ccc3CS2(=O)=O)n1. The molecule has 7 nitrogen and oxygen atoms in total. The van der Waals surface area contributed by atoms with Crippen molar-refractivity contribution < 1.29 is 12.9 Å². The molecule has 9 heteroatoms. The number of benzene rings is 1. The number of nitrogens with zero attached hydrogens (tertiary/aromatic N) is 4. The second kappa shape index (κ2) is 4.88. The normalized spacial score (nSPS) is 16.0. The van der Waals surface area contributed by atoms with E-state index in [4.69, 9.17) is 16.1 Å². The molecule has 2 aromatic rings. The van der Waals surface area contributed by atoms with Gasteiger partial charge in [-0.05, 0) is 22.9 Å². The number of hydrogen-bond acceptors (Lipinski definition) is 6. The Hall–Kier alpha value is -1.80. The first kappa shape index (κ1) is 14.2. The van der Waals surface area contributed by atoms with Gasteiger partial charge in [0.1, 0.15) is 6.54 Å². The van der Waals surface area contributed by atoms with E-state index in [1.54, 1.807) is 37.2 Å². The fraction of sp³-hybridized carbons (Fsp3) is 0.333. The van der Waals surface area contributed by atoms with E-state index in [0.717, 1.165) is 0 Å². The fourth-order valence-corrected chi connectivity index (χ4v) is 3.85. The molecule has 112 valence electrons. The molecule has 0 N–H and O–H groups in total. The maximum absolute atomic E-state index is 12.3. The van der Waals surface area contributed by atoms with Crippen LogP contribution in [0.15, 0.2) is 22.7 Å². The van der Waals surface area contributed by atoms with Crippen molar-refractivity contribution in [1.29, 1.82) is 0 Å². The molecule has 1 aromatic heterocycles. The Morgan fingerprint density at radius 1 is 1.43 bits per heavy atom. The first-order valence-electron chi connectivity index (χ1n) is 6.15. The second-order valence-corrected chi connectivity index (χ2v) is 7.25. The van der Waals surface area contributed by atoms with Gasteiger partial charge in [0.2, 0.25) is 15.9 Å². The van der Waals surface area contributed by atoms with Gasteiger partial charge in [0.05, 0.1) is 11.4 Å². The van der Waals surface area contributed by atoms with Gasteiger partial charge in [-0.2, -0.15) is 4.98 Å². The Morgan fingerprint density at radius 2 is 2.19 bits per heavy atom. The Balaban J connectivity index is 1.95. The molecule has 2 heterocycles. The Morgan fingerprint density at radius 3 is 2.86 bits per heavy atom. The van der Waals surface area contributed by atoms with E-state index < -0.39 is 10.0 Å². The van der Waals surface area contributed by atoms with Crippen LogP contribution in [0.1, 0.15) is 11.5 Å². The van der Waals surface area contributed by atoms with Gasteiger partial charge in [0.15, 0.2) is 0 Å². The van der Waals surface area contributed by atoms with Crippen molar-refractivity contribution >= 4 is 33.3 Å². The molecule has 0 amide bonds. The van der Waals surface area contributed by atoms with Crippen molar-refractivity contribution in [2.45, 2.75) is 12.3 Å². The van der Waals surface area contributed by atoms with Crippen LogP contribution in [-0.2, 0) is 22.3 Å². The lowest BCUT2D eigenvalue weighted by Gasteiger charge is -2.15. The van der Waals surface area contributed by atoms with Crippen molar-refractivity contribution in [2.24, 2.45) is 0 Å². The second-order valence-electron chi connectivity index (χ2n) is 4.92. The minimum atomic E-state index is -3.44. The summed E-state index contributed by atoms with van der Waals surface area (Å²) in [6.07, 6.45) is 0. The predicted molar refractivity (Wildman–Crippen MR) is 78.9 cm³/mol. The van der Waals surface area contributed by atoms with E-state index >= 15 is 0 Å². The molecule has 0 atom stereocenters. The van der Waals surface area contributed by atoms with E-state index in [0.29, 0.717) is 22.2 Å². The van der Waals surface area contributed by atoms with Crippen molar-refractivity contribution in [3.05, 3.63) is 34.7 Å². The van der Waals surface area contributed by atoms with E-state index in [-0.39, 0.29) is 18.2 Å². The molecular formula is C12H13ClN4O3S. The minimum absolute atomic E-state index is 0.00346. The lowest BCUT2D eigenvalue weighted by Crippen LogP contribution is -2.26. The van der Waals surface area contributed by atoms with Gasteiger partial charge in [-0.15, -0.1) is 0 Å². The average Bonchev–Trinajstić information content (AvgIpc) is 2.95. The third-order valence-electron chi connectivity index (χ3n) is 3.13. The Labute approximate surface area is 127 Å². The van der Waals surface area contributed by atoms with Gasteiger partial charge in [-0.1, -0.05) is 17.7 Å². The zero-order chi connectivity index (χ0) is 15.2. The van der Waals surface area contributed by atoms with Crippen LogP contribution >= 0.6 is 11.6 Å². The summed E-state index contributed by atoms with van der Waals surface area (Å²) in [5.41, 5.74) is 1.28. The van der Waals surface area contributed by atoms with Crippen LogP contribution in [0.4, 0.5) is 11.6 Å². The Kier molecular flexibility index (Phi) is 3.29. The highest BCUT2D eigenvalue weighted by Crippen LogP contribution is 2.36. The summed E-state index contributed by atoms with van der Waals surface area (Å²) in [4.78, 5) is 5.82. The van der Waals surface area contributed by atoms with E-state index in [9.17, 15) is 8.42 Å². The van der Waals surface area contributed by atoms with Crippen LogP contribution in [0.3, 0.4) is 0 Å². The summed E-state index contributed by atoms with van der Waals surface area (Å²) in [5.74, 6) is 0.580. The zero-order valence-electron chi connectivity index (χ0n) is 11.4. The third-order valence-corrected chi connectivity index (χ3v) is 5.03. The van der Waals surface area contributed by atoms with Gasteiger partial charge in [0, 0.05) is 19.1 Å². The third kappa shape index (κ3) is 2.56. The lowest BCUT2D eigenvalue weighted by molar-refractivity contribution is 0.380. The number of sulfonamides is 1. The maximum Gasteiger partial charge on any atom is 0.265 e. The van der Waals surface area contributed by atoms with Gasteiger partial charge in [-0.25, -0.2) is 8.42 Å². The molecule has 0 radical (unpaired) electrons. The highest BCUT2D eigenvalue weighted by Gasteiger charge is 2.34. The average molecular weight is 329 g/mol. The van der Waals surface area contributed by atoms with E-state index in [1.165, 1.54) is 4.31 Å². The molecule has 0 unspecified atom stereocenters. The summed E-state index contributed by atoms with van der Waals surface area (Å²) in [6.45, 7) is -0.00346. The summed E-state index contributed by atoms with van der Waals surface area (Å²) in [5, 5.41) is 4.25. The monoisotopic (exact) mass is 328 g/mol. The van der Waals surface area contributed by atoms with Crippen LogP contribution in [0, 0.1) is 0 Å². The number of aromatic nitrogens is 2. The number of halogens is 1. The number of anilines is 2. The van der Waals surface area contributed by atoms with Crippen LogP contribution in [0.25, 0.3) is 0 Å². The van der Waals surface area contributed by atoms with Crippen LogP contribution in [-0.4, -0.2) is 32.7 Å². The fourth-order valence-electron chi connectivity index (χ4n) is 2.11. The van der Waals surface area contributed by atoms with E-state index in [1.807, 2.05) is 0 Å². The van der Waals surface area contributed by atoms with Crippen LogP contribution in [0.5, 0.6) is 0 Å². The minimum Gasteiger partial charge on any atom is -0.344 e. The molecule has 0 bridgehead atoms. The molecule has 0 saturated carbocycles. The first-order valence-corrected chi connectivity index (χ1v) is 8.14. The number of hydrogen-bond donors (Lipinski definition) is 0. The van der Waals surface area contributed by atoms with Crippen molar-refractivity contribution in [3.63, 3.8) is 0 Å². The smallest absolute Gasteiger partial charge is 0.265 e. The predicted octanol–water partition coefficient (Wildman–Crippen LogP) is 1.64. The van der Waals surface area contributed by atoms with Crippen molar-refractivity contribution in [1.82, 2.24) is 10.1 Å². The maximum atomic E-state index is 12.3. The topological polar surface area (TPSA) is 79.5 Å². The van der Waals surface area contributed by atoms with Crippen molar-refractivity contribution in [3.8, 4) is 0 Å². The molecule has 0 aliphatic carbocycles. The van der Waals surface area contributed by atoms with Gasteiger partial charge >= 0.3 is 0 Å². The molecule has 1 aliphatic rings.